The lowest BCUT2D eigenvalue weighted by molar-refractivity contribution is -0.114. The second-order valence-corrected chi connectivity index (χ2v) is 11.2. The van der Waals surface area contributed by atoms with Crippen molar-refractivity contribution < 1.29 is 4.79 Å². The van der Waals surface area contributed by atoms with E-state index in [0.29, 0.717) is 0 Å². The van der Waals surface area contributed by atoms with Crippen LogP contribution in [0.4, 0.5) is 0 Å². The Hall–Kier alpha value is -2.53. The molecule has 0 bridgehead atoms. The number of Topliss-reactive ketones (excluding diaryl/α,β-unsaturated/α-hetero) is 1. The number of hydrogen-bond donors (Lipinski definition) is 0. The lowest BCUT2D eigenvalue weighted by atomic mass is 9.72. The zero-order valence-electron chi connectivity index (χ0n) is 20.4. The summed E-state index contributed by atoms with van der Waals surface area (Å²) in [7, 11) is 0. The van der Waals surface area contributed by atoms with Gasteiger partial charge in [0.25, 0.3) is 0 Å². The topological polar surface area (TPSA) is 46.7 Å². The van der Waals surface area contributed by atoms with Gasteiger partial charge in [0.05, 0.1) is 11.4 Å². The van der Waals surface area contributed by atoms with Crippen molar-refractivity contribution in [3.05, 3.63) is 63.8 Å². The monoisotopic (exact) mass is 449 g/mol. The van der Waals surface area contributed by atoms with Gasteiger partial charge in [-0.1, -0.05) is 85.2 Å². The Morgan fingerprint density at radius 1 is 0.906 bits per heavy atom. The summed E-state index contributed by atoms with van der Waals surface area (Å²) in [5, 5.41) is 11.4. The summed E-state index contributed by atoms with van der Waals surface area (Å²) >= 11 is 1.60. The molecule has 0 atom stereocenters. The van der Waals surface area contributed by atoms with Gasteiger partial charge in [-0.05, 0) is 35.0 Å². The second kappa shape index (κ2) is 9.53. The number of aromatic nitrogens is 1. The minimum absolute atomic E-state index is 0.115. The summed E-state index contributed by atoms with van der Waals surface area (Å²) in [4.78, 5) is 14.0. The maximum atomic E-state index is 13.1. The number of carbonyl (C=O) groups is 1. The Balaban J connectivity index is 2.12. The van der Waals surface area contributed by atoms with Crippen LogP contribution < -0.4 is 4.80 Å². The van der Waals surface area contributed by atoms with Crippen LogP contribution in [0.3, 0.4) is 0 Å². The predicted octanol–water partition coefficient (Wildman–Crippen LogP) is 6.80. The molecule has 0 spiro atoms. The first kappa shape index (κ1) is 24.1. The van der Waals surface area contributed by atoms with Crippen LogP contribution in [-0.4, -0.2) is 16.1 Å². The number of unbranched alkanes of at least 4 members (excludes halogenated alkanes) is 1. The highest BCUT2D eigenvalue weighted by molar-refractivity contribution is 7.07. The molecule has 4 nitrogen and oxygen atoms in total. The lowest BCUT2D eigenvalue weighted by Gasteiger charge is -2.30. The molecule has 0 radical (unpaired) electrons. The summed E-state index contributed by atoms with van der Waals surface area (Å²) in [5.41, 5.74) is 4.14. The van der Waals surface area contributed by atoms with E-state index in [4.69, 9.17) is 0 Å². The molecule has 0 fully saturated rings. The van der Waals surface area contributed by atoms with Gasteiger partial charge < -0.3 is 4.57 Å². The number of allylic oxidation sites excluding steroid dienone is 4. The molecule has 0 N–H and O–H groups in total. The van der Waals surface area contributed by atoms with Crippen molar-refractivity contribution in [3.63, 3.8) is 0 Å². The van der Waals surface area contributed by atoms with Gasteiger partial charge in [-0.3, -0.25) is 4.79 Å². The van der Waals surface area contributed by atoms with E-state index in [-0.39, 0.29) is 16.6 Å². The smallest absolute Gasteiger partial charge is 0.211 e. The van der Waals surface area contributed by atoms with Gasteiger partial charge in [0.1, 0.15) is 0 Å². The molecule has 1 aromatic carbocycles. The Kier molecular flexibility index (Phi) is 7.19. The van der Waals surface area contributed by atoms with Crippen molar-refractivity contribution in [2.45, 2.75) is 67.9 Å². The fourth-order valence-electron chi connectivity index (χ4n) is 3.67. The van der Waals surface area contributed by atoms with Crippen molar-refractivity contribution in [1.82, 2.24) is 4.57 Å². The predicted molar refractivity (Wildman–Crippen MR) is 136 cm³/mol. The highest BCUT2D eigenvalue weighted by atomic mass is 32.1. The number of hydrogen-bond acceptors (Lipinski definition) is 4. The molecule has 0 aliphatic heterocycles. The molecule has 170 valence electrons. The number of benzene rings is 1. The van der Waals surface area contributed by atoms with Crippen LogP contribution in [0.15, 0.2) is 69.2 Å². The van der Waals surface area contributed by atoms with Crippen LogP contribution in [0.5, 0.6) is 0 Å². The average Bonchev–Trinajstić information content (AvgIpc) is 3.13. The average molecular weight is 450 g/mol. The molecule has 1 heterocycles. The molecule has 3 rings (SSSR count). The quantitative estimate of drug-likeness (QED) is 0.366. The zero-order chi connectivity index (χ0) is 23.5. The molecule has 5 heteroatoms. The standard InChI is InChI=1S/C27H35N3OS/c1-8-9-15-30-23(19-13-11-10-12-14-19)18-32-25(30)29-28-20-16-21(26(2,3)4)24(31)22(17-20)27(5,6)7/h10-14,16-18H,8-9,15H2,1-7H3/b29-25+. The Bertz CT molecular complexity index is 1090. The van der Waals surface area contributed by atoms with Gasteiger partial charge in [-0.15, -0.1) is 21.5 Å². The molecular weight excluding hydrogens is 414 g/mol. The highest BCUT2D eigenvalue weighted by Gasteiger charge is 2.34. The van der Waals surface area contributed by atoms with Crippen molar-refractivity contribution in [2.75, 3.05) is 0 Å². The first-order valence-corrected chi connectivity index (χ1v) is 12.2. The number of rotatable bonds is 5. The normalized spacial score (nSPS) is 15.7. The molecule has 32 heavy (non-hydrogen) atoms. The summed E-state index contributed by atoms with van der Waals surface area (Å²) < 4.78 is 2.25. The van der Waals surface area contributed by atoms with Crippen LogP contribution >= 0.6 is 11.3 Å². The Labute approximate surface area is 196 Å². The number of carbonyl (C=O) groups excluding carboxylic acids is 1. The third kappa shape index (κ3) is 5.44. The Morgan fingerprint density at radius 3 is 2.03 bits per heavy atom. The molecular formula is C27H35N3OS. The fourth-order valence-corrected chi connectivity index (χ4v) is 4.55. The van der Waals surface area contributed by atoms with Crippen LogP contribution in [0.25, 0.3) is 11.3 Å². The van der Waals surface area contributed by atoms with E-state index in [9.17, 15) is 4.79 Å². The van der Waals surface area contributed by atoms with Crippen molar-refractivity contribution in [2.24, 2.45) is 21.0 Å². The van der Waals surface area contributed by atoms with E-state index in [1.165, 1.54) is 11.3 Å². The van der Waals surface area contributed by atoms with E-state index in [0.717, 1.165) is 41.0 Å². The third-order valence-corrected chi connectivity index (χ3v) is 6.40. The van der Waals surface area contributed by atoms with Gasteiger partial charge in [-0.2, -0.15) is 0 Å². The van der Waals surface area contributed by atoms with Crippen molar-refractivity contribution >= 4 is 22.8 Å². The Morgan fingerprint density at radius 2 is 1.50 bits per heavy atom. The lowest BCUT2D eigenvalue weighted by Crippen LogP contribution is -2.29. The summed E-state index contributed by atoms with van der Waals surface area (Å²) in [6, 6.07) is 10.4. The number of nitrogens with zero attached hydrogens (tertiary/aromatic N) is 3. The van der Waals surface area contributed by atoms with Gasteiger partial charge in [0, 0.05) is 23.1 Å². The fraction of sp³-hybridized carbons (Fsp3) is 0.444. The largest absolute Gasteiger partial charge is 0.315 e. The maximum absolute atomic E-state index is 13.1. The molecule has 0 amide bonds. The molecule has 1 aliphatic rings. The molecule has 1 aliphatic carbocycles. The first-order valence-electron chi connectivity index (χ1n) is 11.4. The zero-order valence-corrected chi connectivity index (χ0v) is 21.2. The number of ketones is 1. The SMILES string of the molecule is CCCCn1c(-c2ccccc2)cs/c1=N/N=C1C=C(C(C)(C)C)C(=O)C(C(C)(C)C)=C1. The van der Waals surface area contributed by atoms with Gasteiger partial charge in [-0.25, -0.2) is 0 Å². The van der Waals surface area contributed by atoms with Crippen LogP contribution in [0.2, 0.25) is 0 Å². The minimum Gasteiger partial charge on any atom is -0.315 e. The second-order valence-electron chi connectivity index (χ2n) is 10.3. The van der Waals surface area contributed by atoms with Gasteiger partial charge in [0.2, 0.25) is 4.80 Å². The van der Waals surface area contributed by atoms with E-state index < -0.39 is 0 Å². The summed E-state index contributed by atoms with van der Waals surface area (Å²) in [6.45, 7) is 15.5. The molecule has 2 aromatic rings. The number of thiazole rings is 1. The third-order valence-electron chi connectivity index (χ3n) is 5.54. The van der Waals surface area contributed by atoms with E-state index in [1.807, 2.05) is 18.2 Å². The van der Waals surface area contributed by atoms with E-state index >= 15 is 0 Å². The van der Waals surface area contributed by atoms with Gasteiger partial charge in [0.15, 0.2) is 5.78 Å². The molecule has 1 aromatic heterocycles. The van der Waals surface area contributed by atoms with Crippen molar-refractivity contribution in [1.29, 1.82) is 0 Å². The first-order chi connectivity index (χ1) is 15.0. The van der Waals surface area contributed by atoms with Crippen molar-refractivity contribution in [3.8, 4) is 11.3 Å². The highest BCUT2D eigenvalue weighted by Crippen LogP contribution is 2.37. The molecule has 0 saturated heterocycles. The van der Waals surface area contributed by atoms with E-state index in [1.54, 1.807) is 11.3 Å². The maximum Gasteiger partial charge on any atom is 0.211 e. The van der Waals surface area contributed by atoms with Crippen LogP contribution in [0.1, 0.15) is 61.3 Å². The minimum atomic E-state index is -0.257. The summed E-state index contributed by atoms with van der Waals surface area (Å²) in [5.74, 6) is 0.115. The van der Waals surface area contributed by atoms with E-state index in [2.05, 4.69) is 92.9 Å². The molecule has 0 saturated carbocycles. The van der Waals surface area contributed by atoms with Gasteiger partial charge >= 0.3 is 0 Å². The van der Waals surface area contributed by atoms with Crippen LogP contribution in [0, 0.1) is 10.8 Å². The summed E-state index contributed by atoms with van der Waals surface area (Å²) in [6.07, 6.45) is 6.01. The molecule has 0 unspecified atom stereocenters. The van der Waals surface area contributed by atoms with Crippen LogP contribution in [-0.2, 0) is 11.3 Å².